The number of benzene rings is 2. The Labute approximate surface area is 179 Å². The van der Waals surface area contributed by atoms with E-state index in [2.05, 4.69) is 10.3 Å². The van der Waals surface area contributed by atoms with Crippen LogP contribution in [0.5, 0.6) is 0 Å². The summed E-state index contributed by atoms with van der Waals surface area (Å²) in [7, 11) is 0. The molecule has 0 spiro atoms. The number of ether oxygens (including phenoxy) is 1. The maximum absolute atomic E-state index is 12.9. The van der Waals surface area contributed by atoms with Gasteiger partial charge in [0.15, 0.2) is 0 Å². The molecule has 2 amide bonds. The first-order valence-electron chi connectivity index (χ1n) is 9.83. The van der Waals surface area contributed by atoms with Crippen LogP contribution in [0, 0.1) is 13.8 Å². The molecule has 1 saturated heterocycles. The predicted octanol–water partition coefficient (Wildman–Crippen LogP) is 4.15. The van der Waals surface area contributed by atoms with E-state index >= 15 is 0 Å². The Morgan fingerprint density at radius 3 is 2.47 bits per heavy atom. The second-order valence-corrected chi connectivity index (χ2v) is 8.07. The molecule has 7 heteroatoms. The van der Waals surface area contributed by atoms with E-state index in [0.717, 1.165) is 21.8 Å². The summed E-state index contributed by atoms with van der Waals surface area (Å²) in [5.41, 5.74) is 4.52. The monoisotopic (exact) mass is 421 g/mol. The van der Waals surface area contributed by atoms with Gasteiger partial charge in [0.2, 0.25) is 0 Å². The third kappa shape index (κ3) is 4.27. The summed E-state index contributed by atoms with van der Waals surface area (Å²) in [6.07, 6.45) is 0. The van der Waals surface area contributed by atoms with Gasteiger partial charge in [-0.3, -0.25) is 9.59 Å². The minimum atomic E-state index is -0.212. The molecule has 1 aliphatic heterocycles. The van der Waals surface area contributed by atoms with Crippen molar-refractivity contribution in [3.8, 4) is 10.6 Å². The molecule has 6 nitrogen and oxygen atoms in total. The zero-order valence-corrected chi connectivity index (χ0v) is 17.8. The van der Waals surface area contributed by atoms with Crippen molar-refractivity contribution in [3.05, 3.63) is 70.2 Å². The molecule has 0 unspecified atom stereocenters. The Bertz CT molecular complexity index is 1070. The van der Waals surface area contributed by atoms with E-state index in [9.17, 15) is 9.59 Å². The van der Waals surface area contributed by atoms with E-state index in [0.29, 0.717) is 43.1 Å². The average Bonchev–Trinajstić information content (AvgIpc) is 3.22. The second-order valence-electron chi connectivity index (χ2n) is 7.21. The highest BCUT2D eigenvalue weighted by molar-refractivity contribution is 7.13. The lowest BCUT2D eigenvalue weighted by atomic mass is 10.0. The number of aryl methyl sites for hydroxylation is 1. The molecule has 154 valence electrons. The number of nitrogens with one attached hydrogen (secondary N) is 1. The first-order valence-corrected chi connectivity index (χ1v) is 10.7. The highest BCUT2D eigenvalue weighted by atomic mass is 32.1. The van der Waals surface area contributed by atoms with Crippen LogP contribution in [-0.4, -0.2) is 48.0 Å². The molecule has 0 bridgehead atoms. The first kappa shape index (κ1) is 20.3. The van der Waals surface area contributed by atoms with Crippen molar-refractivity contribution in [3.63, 3.8) is 0 Å². The molecule has 30 heavy (non-hydrogen) atoms. The SMILES string of the molecule is Cc1csc(-c2ccc(C(=O)Nc3cccc(C(=O)N4CCOCC4)c3C)cc2)n1. The van der Waals surface area contributed by atoms with Crippen LogP contribution in [0.1, 0.15) is 32.0 Å². The minimum absolute atomic E-state index is 0.0324. The van der Waals surface area contributed by atoms with Crippen LogP contribution in [0.4, 0.5) is 5.69 Å². The van der Waals surface area contributed by atoms with Crippen LogP contribution in [-0.2, 0) is 4.74 Å². The molecule has 0 aliphatic carbocycles. The number of carbonyl (C=O) groups excluding carboxylic acids is 2. The van der Waals surface area contributed by atoms with Gasteiger partial charge in [-0.2, -0.15) is 0 Å². The van der Waals surface area contributed by atoms with Gasteiger partial charge in [-0.05, 0) is 43.7 Å². The molecule has 3 aromatic rings. The molecule has 0 atom stereocenters. The number of hydrogen-bond donors (Lipinski definition) is 1. The molecule has 1 fully saturated rings. The Morgan fingerprint density at radius 2 is 1.80 bits per heavy atom. The molecule has 1 aromatic heterocycles. The lowest BCUT2D eigenvalue weighted by Gasteiger charge is -2.27. The predicted molar refractivity (Wildman–Crippen MR) is 118 cm³/mol. The van der Waals surface area contributed by atoms with Crippen LogP contribution in [0.15, 0.2) is 47.8 Å². The van der Waals surface area contributed by atoms with Crippen molar-refractivity contribution in [1.29, 1.82) is 0 Å². The van der Waals surface area contributed by atoms with Crippen LogP contribution in [0.2, 0.25) is 0 Å². The molecule has 4 rings (SSSR count). The maximum Gasteiger partial charge on any atom is 0.255 e. The number of aromatic nitrogens is 1. The smallest absolute Gasteiger partial charge is 0.255 e. The van der Waals surface area contributed by atoms with Crippen molar-refractivity contribution < 1.29 is 14.3 Å². The van der Waals surface area contributed by atoms with Gasteiger partial charge in [0.1, 0.15) is 5.01 Å². The van der Waals surface area contributed by atoms with Gasteiger partial charge < -0.3 is 15.0 Å². The fourth-order valence-electron chi connectivity index (χ4n) is 3.38. The zero-order valence-electron chi connectivity index (χ0n) is 17.0. The molecule has 2 heterocycles. The van der Waals surface area contributed by atoms with Gasteiger partial charge >= 0.3 is 0 Å². The Morgan fingerprint density at radius 1 is 1.07 bits per heavy atom. The van der Waals surface area contributed by atoms with Crippen LogP contribution >= 0.6 is 11.3 Å². The third-order valence-corrected chi connectivity index (χ3v) is 6.13. The van der Waals surface area contributed by atoms with Gasteiger partial charge in [-0.15, -0.1) is 11.3 Å². The summed E-state index contributed by atoms with van der Waals surface area (Å²) < 4.78 is 5.32. The van der Waals surface area contributed by atoms with Gasteiger partial charge in [0, 0.05) is 46.5 Å². The number of nitrogens with zero attached hydrogens (tertiary/aromatic N) is 2. The van der Waals surface area contributed by atoms with Gasteiger partial charge in [-0.1, -0.05) is 18.2 Å². The van der Waals surface area contributed by atoms with Gasteiger partial charge in [0.25, 0.3) is 11.8 Å². The average molecular weight is 422 g/mol. The lowest BCUT2D eigenvalue weighted by molar-refractivity contribution is 0.0302. The summed E-state index contributed by atoms with van der Waals surface area (Å²) in [4.78, 5) is 31.9. The molecule has 0 radical (unpaired) electrons. The Hall–Kier alpha value is -3.03. The molecule has 1 N–H and O–H groups in total. The molecular formula is C23H23N3O3S. The second kappa shape index (κ2) is 8.77. The largest absolute Gasteiger partial charge is 0.378 e. The summed E-state index contributed by atoms with van der Waals surface area (Å²) in [6, 6.07) is 12.8. The zero-order chi connectivity index (χ0) is 21.1. The van der Waals surface area contributed by atoms with Crippen molar-refractivity contribution >= 4 is 28.8 Å². The first-order chi connectivity index (χ1) is 14.5. The van der Waals surface area contributed by atoms with Crippen molar-refractivity contribution in [2.75, 3.05) is 31.6 Å². The maximum atomic E-state index is 12.9. The molecular weight excluding hydrogens is 398 g/mol. The van der Waals surface area contributed by atoms with Crippen LogP contribution < -0.4 is 5.32 Å². The summed E-state index contributed by atoms with van der Waals surface area (Å²) in [5.74, 6) is -0.245. The topological polar surface area (TPSA) is 71.5 Å². The van der Waals surface area contributed by atoms with E-state index in [-0.39, 0.29) is 11.8 Å². The summed E-state index contributed by atoms with van der Waals surface area (Å²) in [5, 5.41) is 5.88. The van der Waals surface area contributed by atoms with E-state index < -0.39 is 0 Å². The number of thiazole rings is 1. The van der Waals surface area contributed by atoms with Gasteiger partial charge in [-0.25, -0.2) is 4.98 Å². The van der Waals surface area contributed by atoms with E-state index in [1.165, 1.54) is 0 Å². The fraction of sp³-hybridized carbons (Fsp3) is 0.261. The number of carbonyl (C=O) groups is 2. The van der Waals surface area contributed by atoms with Crippen molar-refractivity contribution in [2.24, 2.45) is 0 Å². The summed E-state index contributed by atoms with van der Waals surface area (Å²) in [6.45, 7) is 6.09. The molecule has 0 saturated carbocycles. The number of hydrogen-bond acceptors (Lipinski definition) is 5. The number of rotatable bonds is 4. The Balaban J connectivity index is 1.50. The van der Waals surface area contributed by atoms with E-state index in [1.54, 1.807) is 40.5 Å². The number of anilines is 1. The molecule has 2 aromatic carbocycles. The number of amides is 2. The van der Waals surface area contributed by atoms with Crippen molar-refractivity contribution in [1.82, 2.24) is 9.88 Å². The Kier molecular flexibility index (Phi) is 5.92. The fourth-order valence-corrected chi connectivity index (χ4v) is 4.19. The van der Waals surface area contributed by atoms with Gasteiger partial charge in [0.05, 0.1) is 13.2 Å². The highest BCUT2D eigenvalue weighted by Gasteiger charge is 2.21. The van der Waals surface area contributed by atoms with Crippen LogP contribution in [0.3, 0.4) is 0 Å². The van der Waals surface area contributed by atoms with Crippen molar-refractivity contribution in [2.45, 2.75) is 13.8 Å². The van der Waals surface area contributed by atoms with E-state index in [1.807, 2.05) is 37.4 Å². The van der Waals surface area contributed by atoms with E-state index in [4.69, 9.17) is 4.74 Å². The minimum Gasteiger partial charge on any atom is -0.378 e. The standard InChI is InChI=1S/C23H23N3O3S/c1-15-14-30-22(24-15)18-8-6-17(7-9-18)21(27)25-20-5-3-4-19(16(20)2)23(28)26-10-12-29-13-11-26/h3-9,14H,10-13H2,1-2H3,(H,25,27). The highest BCUT2D eigenvalue weighted by Crippen LogP contribution is 2.25. The summed E-state index contributed by atoms with van der Waals surface area (Å²) >= 11 is 1.58. The lowest BCUT2D eigenvalue weighted by Crippen LogP contribution is -2.41. The third-order valence-electron chi connectivity index (χ3n) is 5.12. The normalized spacial score (nSPS) is 13.9. The van der Waals surface area contributed by atoms with Crippen LogP contribution in [0.25, 0.3) is 10.6 Å². The number of morpholine rings is 1. The quantitative estimate of drug-likeness (QED) is 0.687. The molecule has 1 aliphatic rings.